The summed E-state index contributed by atoms with van der Waals surface area (Å²) in [5.41, 5.74) is 3.18. The van der Waals surface area contributed by atoms with Crippen LogP contribution in [0.3, 0.4) is 0 Å². The Morgan fingerprint density at radius 3 is 2.54 bits per heavy atom. The maximum absolute atomic E-state index is 8.87. The maximum Gasteiger partial charge on any atom is 0.191 e. The van der Waals surface area contributed by atoms with Crippen LogP contribution in [0.25, 0.3) is 0 Å². The molecule has 3 rings (SSSR count). The number of halogens is 1. The summed E-state index contributed by atoms with van der Waals surface area (Å²) in [4.78, 5) is 6.88. The molecule has 2 aromatic rings. The lowest BCUT2D eigenvalue weighted by Crippen LogP contribution is -2.44. The number of hydrogen-bond donors (Lipinski definition) is 2. The van der Waals surface area contributed by atoms with Gasteiger partial charge in [0.2, 0.25) is 0 Å². The Morgan fingerprint density at radius 1 is 1.11 bits per heavy atom. The number of aliphatic imine (C=N–C) groups is 1. The van der Waals surface area contributed by atoms with E-state index >= 15 is 0 Å². The summed E-state index contributed by atoms with van der Waals surface area (Å²) in [6.07, 6.45) is 2.46. The number of likely N-dealkylation sites (tertiary alicyclic amines) is 1. The van der Waals surface area contributed by atoms with Gasteiger partial charge in [0.1, 0.15) is 0 Å². The summed E-state index contributed by atoms with van der Waals surface area (Å²) in [6.45, 7) is 3.73. The van der Waals surface area contributed by atoms with Crippen LogP contribution < -0.4 is 10.6 Å². The fraction of sp³-hybridized carbons (Fsp3) is 0.364. The molecular weight excluding hydrogens is 461 g/mol. The molecule has 2 N–H and O–H groups in total. The molecule has 1 saturated heterocycles. The first-order chi connectivity index (χ1) is 13.3. The van der Waals surface area contributed by atoms with Gasteiger partial charge in [0, 0.05) is 32.7 Å². The number of rotatable bonds is 6. The van der Waals surface area contributed by atoms with Crippen LogP contribution >= 0.6 is 24.0 Å². The van der Waals surface area contributed by atoms with Crippen LogP contribution in [0.2, 0.25) is 0 Å². The van der Waals surface area contributed by atoms with Gasteiger partial charge < -0.3 is 10.6 Å². The molecule has 6 heteroatoms. The van der Waals surface area contributed by atoms with Crippen LogP contribution in [0.1, 0.15) is 29.5 Å². The van der Waals surface area contributed by atoms with E-state index in [2.05, 4.69) is 56.9 Å². The summed E-state index contributed by atoms with van der Waals surface area (Å²) in [7, 11) is 1.80. The zero-order valence-corrected chi connectivity index (χ0v) is 18.6. The highest BCUT2D eigenvalue weighted by Gasteiger charge is 2.24. The molecule has 28 heavy (non-hydrogen) atoms. The van der Waals surface area contributed by atoms with Crippen molar-refractivity contribution in [3.05, 3.63) is 71.3 Å². The Balaban J connectivity index is 0.00000280. The molecule has 0 spiro atoms. The Hall–Kier alpha value is -2.11. The molecule has 1 atom stereocenters. The second kappa shape index (κ2) is 11.7. The molecule has 5 nitrogen and oxygen atoms in total. The highest BCUT2D eigenvalue weighted by atomic mass is 127. The third kappa shape index (κ3) is 6.50. The fourth-order valence-corrected chi connectivity index (χ4v) is 3.47. The Morgan fingerprint density at radius 2 is 1.86 bits per heavy atom. The average Bonchev–Trinajstić information content (AvgIpc) is 3.16. The molecule has 0 saturated carbocycles. The molecule has 148 valence electrons. The highest BCUT2D eigenvalue weighted by Crippen LogP contribution is 2.19. The molecule has 0 aromatic heterocycles. The molecule has 0 aliphatic carbocycles. The van der Waals surface area contributed by atoms with Crippen molar-refractivity contribution in [1.82, 2.24) is 15.5 Å². The van der Waals surface area contributed by atoms with Gasteiger partial charge >= 0.3 is 0 Å². The van der Waals surface area contributed by atoms with E-state index in [0.29, 0.717) is 18.2 Å². The Kier molecular flexibility index (Phi) is 9.24. The number of hydrogen-bond acceptors (Lipinski definition) is 3. The standard InChI is InChI=1S/C22H27N5.HI/c1-24-22(25-15-19-11-9-18(14-23)10-12-19)26-16-21-8-5-13-27(21)17-20-6-3-2-4-7-20;/h2-4,6-7,9-12,21H,5,8,13,15-17H2,1H3,(H2,24,25,26);1H. The lowest BCUT2D eigenvalue weighted by Gasteiger charge is -2.25. The van der Waals surface area contributed by atoms with Crippen LogP contribution in [-0.4, -0.2) is 37.0 Å². The minimum absolute atomic E-state index is 0. The number of nitrogens with one attached hydrogen (secondary N) is 2. The topological polar surface area (TPSA) is 63.5 Å². The molecule has 0 amide bonds. The first-order valence-corrected chi connectivity index (χ1v) is 9.50. The van der Waals surface area contributed by atoms with Crippen molar-refractivity contribution in [1.29, 1.82) is 5.26 Å². The third-order valence-electron chi connectivity index (χ3n) is 5.00. The van der Waals surface area contributed by atoms with Crippen molar-refractivity contribution >= 4 is 29.9 Å². The normalized spacial score (nSPS) is 16.9. The number of nitriles is 1. The van der Waals surface area contributed by atoms with E-state index in [-0.39, 0.29) is 24.0 Å². The van der Waals surface area contributed by atoms with Crippen LogP contribution in [0.4, 0.5) is 0 Å². The van der Waals surface area contributed by atoms with Gasteiger partial charge in [-0.1, -0.05) is 42.5 Å². The lowest BCUT2D eigenvalue weighted by molar-refractivity contribution is 0.245. The molecule has 0 radical (unpaired) electrons. The summed E-state index contributed by atoms with van der Waals surface area (Å²) >= 11 is 0. The van der Waals surface area contributed by atoms with E-state index in [4.69, 9.17) is 5.26 Å². The van der Waals surface area contributed by atoms with Gasteiger partial charge in [-0.2, -0.15) is 5.26 Å². The predicted molar refractivity (Wildman–Crippen MR) is 125 cm³/mol. The van der Waals surface area contributed by atoms with Crippen molar-refractivity contribution in [2.24, 2.45) is 4.99 Å². The van der Waals surface area contributed by atoms with Gasteiger partial charge in [0.25, 0.3) is 0 Å². The van der Waals surface area contributed by atoms with E-state index in [1.165, 1.54) is 18.4 Å². The smallest absolute Gasteiger partial charge is 0.191 e. The molecule has 1 fully saturated rings. The largest absolute Gasteiger partial charge is 0.355 e. The second-order valence-electron chi connectivity index (χ2n) is 6.87. The third-order valence-corrected chi connectivity index (χ3v) is 5.00. The molecule has 2 aromatic carbocycles. The monoisotopic (exact) mass is 489 g/mol. The molecule has 0 bridgehead atoms. The summed E-state index contributed by atoms with van der Waals surface area (Å²) in [6, 6.07) is 21.0. The van der Waals surface area contributed by atoms with Gasteiger partial charge in [-0.3, -0.25) is 9.89 Å². The van der Waals surface area contributed by atoms with Crippen LogP contribution in [0.5, 0.6) is 0 Å². The fourth-order valence-electron chi connectivity index (χ4n) is 3.47. The number of guanidine groups is 1. The van der Waals surface area contributed by atoms with E-state index in [1.807, 2.05) is 24.3 Å². The molecule has 1 unspecified atom stereocenters. The summed E-state index contributed by atoms with van der Waals surface area (Å²) < 4.78 is 0. The van der Waals surface area contributed by atoms with Crippen molar-refractivity contribution < 1.29 is 0 Å². The van der Waals surface area contributed by atoms with Crippen LogP contribution in [-0.2, 0) is 13.1 Å². The zero-order chi connectivity index (χ0) is 18.9. The first-order valence-electron chi connectivity index (χ1n) is 9.50. The zero-order valence-electron chi connectivity index (χ0n) is 16.3. The van der Waals surface area contributed by atoms with Crippen molar-refractivity contribution in [3.8, 4) is 6.07 Å². The quantitative estimate of drug-likeness (QED) is 0.371. The van der Waals surface area contributed by atoms with Gasteiger partial charge in [-0.15, -0.1) is 24.0 Å². The molecular formula is C22H28IN5. The van der Waals surface area contributed by atoms with Crippen LogP contribution in [0, 0.1) is 11.3 Å². The van der Waals surface area contributed by atoms with E-state index in [9.17, 15) is 0 Å². The predicted octanol–water partition coefficient (Wildman–Crippen LogP) is 3.51. The van der Waals surface area contributed by atoms with Gasteiger partial charge in [-0.05, 0) is 42.6 Å². The summed E-state index contributed by atoms with van der Waals surface area (Å²) in [5.74, 6) is 0.811. The average molecular weight is 489 g/mol. The van der Waals surface area contributed by atoms with Crippen LogP contribution in [0.15, 0.2) is 59.6 Å². The van der Waals surface area contributed by atoms with E-state index < -0.39 is 0 Å². The van der Waals surface area contributed by atoms with Crippen molar-refractivity contribution in [3.63, 3.8) is 0 Å². The lowest BCUT2D eigenvalue weighted by atomic mass is 10.1. The maximum atomic E-state index is 8.87. The van der Waals surface area contributed by atoms with E-state index in [1.54, 1.807) is 7.05 Å². The van der Waals surface area contributed by atoms with E-state index in [0.717, 1.165) is 31.2 Å². The van der Waals surface area contributed by atoms with Gasteiger partial charge in [0.15, 0.2) is 5.96 Å². The molecule has 1 heterocycles. The van der Waals surface area contributed by atoms with Crippen molar-refractivity contribution in [2.45, 2.75) is 32.0 Å². The van der Waals surface area contributed by atoms with Crippen molar-refractivity contribution in [2.75, 3.05) is 20.1 Å². The SMILES string of the molecule is CN=C(NCc1ccc(C#N)cc1)NCC1CCCN1Cc1ccccc1.I. The summed E-state index contributed by atoms with van der Waals surface area (Å²) in [5, 5.41) is 15.7. The first kappa shape index (κ1) is 22.2. The Labute approximate surface area is 184 Å². The number of nitrogens with zero attached hydrogens (tertiary/aromatic N) is 3. The van der Waals surface area contributed by atoms with Gasteiger partial charge in [0.05, 0.1) is 11.6 Å². The van der Waals surface area contributed by atoms with Gasteiger partial charge in [-0.25, -0.2) is 0 Å². The molecule has 1 aliphatic heterocycles. The minimum atomic E-state index is 0. The highest BCUT2D eigenvalue weighted by molar-refractivity contribution is 14.0. The molecule has 1 aliphatic rings. The minimum Gasteiger partial charge on any atom is -0.355 e. The number of benzene rings is 2. The Bertz CT molecular complexity index is 783. The second-order valence-corrected chi connectivity index (χ2v) is 6.87.